The summed E-state index contributed by atoms with van der Waals surface area (Å²) >= 11 is 7.51. The van der Waals surface area contributed by atoms with E-state index in [2.05, 4.69) is 39.5 Å². The maximum absolute atomic E-state index is 5.79. The molecule has 4 heteroatoms. The largest absolute Gasteiger partial charge is 0.371 e. The SMILES string of the molecule is ClCc1csc(CCN2CCCc3ccccc32)n1. The summed E-state index contributed by atoms with van der Waals surface area (Å²) in [6, 6.07) is 8.75. The Bertz CT molecular complexity index is 553. The Balaban J connectivity index is 1.68. The van der Waals surface area contributed by atoms with E-state index in [1.165, 1.54) is 29.1 Å². The van der Waals surface area contributed by atoms with Gasteiger partial charge in [-0.25, -0.2) is 4.98 Å². The van der Waals surface area contributed by atoms with E-state index in [9.17, 15) is 0 Å². The number of benzene rings is 1. The molecule has 0 saturated carbocycles. The molecule has 0 bridgehead atoms. The minimum Gasteiger partial charge on any atom is -0.371 e. The average Bonchev–Trinajstić information content (AvgIpc) is 2.93. The molecule has 0 fully saturated rings. The monoisotopic (exact) mass is 292 g/mol. The lowest BCUT2D eigenvalue weighted by Crippen LogP contribution is -2.31. The van der Waals surface area contributed by atoms with Gasteiger partial charge in [-0.15, -0.1) is 22.9 Å². The number of rotatable bonds is 4. The van der Waals surface area contributed by atoms with Crippen LogP contribution in [0.2, 0.25) is 0 Å². The first-order valence-electron chi connectivity index (χ1n) is 6.69. The number of alkyl halides is 1. The number of hydrogen-bond donors (Lipinski definition) is 0. The summed E-state index contributed by atoms with van der Waals surface area (Å²) in [6.45, 7) is 2.21. The molecule has 2 nitrogen and oxygen atoms in total. The predicted molar refractivity (Wildman–Crippen MR) is 82.4 cm³/mol. The molecule has 0 amide bonds. The molecule has 19 heavy (non-hydrogen) atoms. The quantitative estimate of drug-likeness (QED) is 0.795. The van der Waals surface area contributed by atoms with Crippen molar-refractivity contribution in [3.05, 3.63) is 45.9 Å². The van der Waals surface area contributed by atoms with Gasteiger partial charge in [-0.05, 0) is 24.5 Å². The van der Waals surface area contributed by atoms with Gasteiger partial charge in [0.1, 0.15) is 0 Å². The number of halogens is 1. The van der Waals surface area contributed by atoms with E-state index in [1.54, 1.807) is 11.3 Å². The summed E-state index contributed by atoms with van der Waals surface area (Å²) < 4.78 is 0. The summed E-state index contributed by atoms with van der Waals surface area (Å²) in [5, 5.41) is 3.26. The zero-order chi connectivity index (χ0) is 13.1. The van der Waals surface area contributed by atoms with Crippen LogP contribution in [0.1, 0.15) is 22.7 Å². The summed E-state index contributed by atoms with van der Waals surface area (Å²) in [6.07, 6.45) is 3.47. The van der Waals surface area contributed by atoms with Crippen molar-refractivity contribution in [3.63, 3.8) is 0 Å². The summed E-state index contributed by atoms with van der Waals surface area (Å²) in [4.78, 5) is 7.02. The molecule has 0 unspecified atom stereocenters. The highest BCUT2D eigenvalue weighted by Gasteiger charge is 2.16. The van der Waals surface area contributed by atoms with Crippen LogP contribution in [0.4, 0.5) is 5.69 Å². The van der Waals surface area contributed by atoms with Crippen molar-refractivity contribution in [2.24, 2.45) is 0 Å². The van der Waals surface area contributed by atoms with Gasteiger partial charge in [0.25, 0.3) is 0 Å². The first-order valence-corrected chi connectivity index (χ1v) is 8.10. The third kappa shape index (κ3) is 2.93. The van der Waals surface area contributed by atoms with Gasteiger partial charge < -0.3 is 4.90 Å². The summed E-state index contributed by atoms with van der Waals surface area (Å²) in [5.41, 5.74) is 3.89. The summed E-state index contributed by atoms with van der Waals surface area (Å²) in [7, 11) is 0. The third-order valence-electron chi connectivity index (χ3n) is 3.54. The minimum absolute atomic E-state index is 0.517. The zero-order valence-corrected chi connectivity index (χ0v) is 12.4. The van der Waals surface area contributed by atoms with Crippen LogP contribution in [-0.2, 0) is 18.7 Å². The molecule has 2 aromatic rings. The molecule has 1 aromatic heterocycles. The van der Waals surface area contributed by atoms with E-state index >= 15 is 0 Å². The van der Waals surface area contributed by atoms with Gasteiger partial charge in [-0.1, -0.05) is 18.2 Å². The van der Waals surface area contributed by atoms with Gasteiger partial charge in [0.2, 0.25) is 0 Å². The lowest BCUT2D eigenvalue weighted by molar-refractivity contribution is 0.686. The number of hydrogen-bond acceptors (Lipinski definition) is 3. The topological polar surface area (TPSA) is 16.1 Å². The van der Waals surface area contributed by atoms with Gasteiger partial charge in [0.05, 0.1) is 16.6 Å². The van der Waals surface area contributed by atoms with E-state index in [0.717, 1.165) is 25.2 Å². The number of fused-ring (bicyclic) bond motifs is 1. The van der Waals surface area contributed by atoms with Crippen LogP contribution in [0, 0.1) is 0 Å². The number of aromatic nitrogens is 1. The van der Waals surface area contributed by atoms with Crippen LogP contribution in [0.15, 0.2) is 29.6 Å². The standard InChI is InChI=1S/C15H17ClN2S/c16-10-13-11-19-15(17-13)7-9-18-8-3-5-12-4-1-2-6-14(12)18/h1-2,4,6,11H,3,5,7-10H2. The van der Waals surface area contributed by atoms with Crippen molar-refractivity contribution < 1.29 is 0 Å². The average molecular weight is 293 g/mol. The molecule has 0 radical (unpaired) electrons. The Morgan fingerprint density at radius 2 is 2.21 bits per heavy atom. The number of nitrogens with zero attached hydrogens (tertiary/aromatic N) is 2. The fraction of sp³-hybridized carbons (Fsp3) is 0.400. The van der Waals surface area contributed by atoms with E-state index in [1.807, 2.05) is 0 Å². The Morgan fingerprint density at radius 3 is 3.05 bits per heavy atom. The number of aryl methyl sites for hydroxylation is 1. The predicted octanol–water partition coefficient (Wildman–Crippen LogP) is 3.88. The van der Waals surface area contributed by atoms with Crippen LogP contribution in [-0.4, -0.2) is 18.1 Å². The Hall–Kier alpha value is -1.06. The van der Waals surface area contributed by atoms with Crippen LogP contribution < -0.4 is 4.90 Å². The molecule has 1 aliphatic rings. The molecule has 1 aliphatic heterocycles. The third-order valence-corrected chi connectivity index (χ3v) is 4.77. The number of anilines is 1. The van der Waals surface area contributed by atoms with Crippen molar-refractivity contribution in [1.82, 2.24) is 4.98 Å². The van der Waals surface area contributed by atoms with Gasteiger partial charge in [-0.2, -0.15) is 0 Å². The molecule has 3 rings (SSSR count). The van der Waals surface area contributed by atoms with Crippen LogP contribution in [0.3, 0.4) is 0 Å². The van der Waals surface area contributed by atoms with Crippen molar-refractivity contribution in [2.75, 3.05) is 18.0 Å². The van der Waals surface area contributed by atoms with Crippen molar-refractivity contribution in [3.8, 4) is 0 Å². The highest BCUT2D eigenvalue weighted by molar-refractivity contribution is 7.09. The molecule has 100 valence electrons. The maximum atomic E-state index is 5.79. The van der Waals surface area contributed by atoms with Crippen molar-refractivity contribution in [2.45, 2.75) is 25.1 Å². The van der Waals surface area contributed by atoms with Gasteiger partial charge in [0, 0.05) is 30.6 Å². The first kappa shape index (κ1) is 12.9. The van der Waals surface area contributed by atoms with E-state index in [0.29, 0.717) is 5.88 Å². The maximum Gasteiger partial charge on any atom is 0.0946 e. The Labute approximate surface area is 123 Å². The highest BCUT2D eigenvalue weighted by atomic mass is 35.5. The highest BCUT2D eigenvalue weighted by Crippen LogP contribution is 2.26. The Morgan fingerprint density at radius 1 is 1.32 bits per heavy atom. The van der Waals surface area contributed by atoms with E-state index in [-0.39, 0.29) is 0 Å². The van der Waals surface area contributed by atoms with Crippen LogP contribution >= 0.6 is 22.9 Å². The Kier molecular flexibility index (Phi) is 4.04. The number of thiazole rings is 1. The van der Waals surface area contributed by atoms with Crippen LogP contribution in [0.5, 0.6) is 0 Å². The second-order valence-electron chi connectivity index (χ2n) is 4.84. The lowest BCUT2D eigenvalue weighted by atomic mass is 10.0. The van der Waals surface area contributed by atoms with E-state index < -0.39 is 0 Å². The van der Waals surface area contributed by atoms with Crippen molar-refractivity contribution >= 4 is 28.6 Å². The number of para-hydroxylation sites is 1. The van der Waals surface area contributed by atoms with Crippen molar-refractivity contribution in [1.29, 1.82) is 0 Å². The summed E-state index contributed by atoms with van der Waals surface area (Å²) in [5.74, 6) is 0.517. The first-order chi connectivity index (χ1) is 9.36. The van der Waals surface area contributed by atoms with Gasteiger partial charge in [-0.3, -0.25) is 0 Å². The fourth-order valence-corrected chi connectivity index (χ4v) is 3.62. The zero-order valence-electron chi connectivity index (χ0n) is 10.8. The molecule has 0 saturated heterocycles. The molecule has 0 N–H and O–H groups in total. The normalized spacial score (nSPS) is 14.5. The molecule has 2 heterocycles. The molecular weight excluding hydrogens is 276 g/mol. The molecule has 0 spiro atoms. The van der Waals surface area contributed by atoms with Gasteiger partial charge >= 0.3 is 0 Å². The van der Waals surface area contributed by atoms with Gasteiger partial charge in [0.15, 0.2) is 0 Å². The second-order valence-corrected chi connectivity index (χ2v) is 6.05. The van der Waals surface area contributed by atoms with E-state index in [4.69, 9.17) is 11.6 Å². The fourth-order valence-electron chi connectivity index (χ4n) is 2.60. The second kappa shape index (κ2) is 5.93. The van der Waals surface area contributed by atoms with Crippen LogP contribution in [0.25, 0.3) is 0 Å². The molecule has 1 aromatic carbocycles. The molecule has 0 atom stereocenters. The lowest BCUT2D eigenvalue weighted by Gasteiger charge is -2.31. The molecule has 0 aliphatic carbocycles. The smallest absolute Gasteiger partial charge is 0.0946 e. The minimum atomic E-state index is 0.517. The molecular formula is C15H17ClN2S.